The Balaban J connectivity index is 2.00. The Labute approximate surface area is 113 Å². The molecular formula is C14H21BrN2. The first-order valence-corrected chi connectivity index (χ1v) is 7.12. The van der Waals surface area contributed by atoms with Crippen LogP contribution in [0, 0.1) is 6.92 Å². The van der Waals surface area contributed by atoms with Crippen molar-refractivity contribution in [3.63, 3.8) is 0 Å². The lowest BCUT2D eigenvalue weighted by atomic mass is 10.2. The third-order valence-corrected chi connectivity index (χ3v) is 4.12. The van der Waals surface area contributed by atoms with Crippen molar-refractivity contribution < 1.29 is 0 Å². The van der Waals surface area contributed by atoms with E-state index in [1.807, 2.05) is 0 Å². The number of nitrogens with one attached hydrogen (secondary N) is 1. The summed E-state index contributed by atoms with van der Waals surface area (Å²) in [5.41, 5.74) is 2.52. The van der Waals surface area contributed by atoms with Crippen LogP contribution in [0.25, 0.3) is 0 Å². The second kappa shape index (κ2) is 5.40. The molecule has 2 nitrogen and oxygen atoms in total. The van der Waals surface area contributed by atoms with Gasteiger partial charge in [0, 0.05) is 35.3 Å². The second-order valence-corrected chi connectivity index (χ2v) is 6.06. The minimum atomic E-state index is 0.579. The summed E-state index contributed by atoms with van der Waals surface area (Å²) >= 11 is 3.61. The SMILES string of the molecule is Cc1ccc(Br)c(NC2CCN(C(C)C)C2)c1. The largest absolute Gasteiger partial charge is 0.380 e. The van der Waals surface area contributed by atoms with Crippen LogP contribution in [0.5, 0.6) is 0 Å². The zero-order valence-electron chi connectivity index (χ0n) is 10.8. The van der Waals surface area contributed by atoms with Gasteiger partial charge in [-0.25, -0.2) is 0 Å². The summed E-state index contributed by atoms with van der Waals surface area (Å²) in [6.45, 7) is 9.03. The van der Waals surface area contributed by atoms with Crippen LogP contribution in [0.15, 0.2) is 22.7 Å². The number of hydrogen-bond donors (Lipinski definition) is 1. The molecular weight excluding hydrogens is 276 g/mol. The molecule has 0 radical (unpaired) electrons. The van der Waals surface area contributed by atoms with Crippen molar-refractivity contribution in [3.8, 4) is 0 Å². The predicted octanol–water partition coefficient (Wildman–Crippen LogP) is 3.65. The molecule has 0 amide bonds. The molecule has 1 atom stereocenters. The van der Waals surface area contributed by atoms with Gasteiger partial charge in [0.05, 0.1) is 0 Å². The number of rotatable bonds is 3. The van der Waals surface area contributed by atoms with Gasteiger partial charge in [-0.15, -0.1) is 0 Å². The molecule has 94 valence electrons. The van der Waals surface area contributed by atoms with Crippen molar-refractivity contribution in [2.75, 3.05) is 18.4 Å². The molecule has 1 aliphatic heterocycles. The number of benzene rings is 1. The molecule has 2 rings (SSSR count). The quantitative estimate of drug-likeness (QED) is 0.916. The van der Waals surface area contributed by atoms with Crippen LogP contribution in [-0.2, 0) is 0 Å². The minimum Gasteiger partial charge on any atom is -0.380 e. The van der Waals surface area contributed by atoms with Crippen molar-refractivity contribution in [1.29, 1.82) is 0 Å². The molecule has 3 heteroatoms. The highest BCUT2D eigenvalue weighted by Gasteiger charge is 2.24. The Bertz CT molecular complexity index is 390. The van der Waals surface area contributed by atoms with E-state index in [9.17, 15) is 0 Å². The monoisotopic (exact) mass is 296 g/mol. The predicted molar refractivity (Wildman–Crippen MR) is 77.6 cm³/mol. The zero-order chi connectivity index (χ0) is 12.4. The first kappa shape index (κ1) is 12.9. The number of aryl methyl sites for hydroxylation is 1. The van der Waals surface area contributed by atoms with Crippen LogP contribution in [0.3, 0.4) is 0 Å². The Morgan fingerprint density at radius 3 is 2.82 bits per heavy atom. The maximum atomic E-state index is 3.65. The lowest BCUT2D eigenvalue weighted by Crippen LogP contribution is -2.31. The Morgan fingerprint density at radius 1 is 1.41 bits per heavy atom. The summed E-state index contributed by atoms with van der Waals surface area (Å²) < 4.78 is 1.16. The fourth-order valence-corrected chi connectivity index (χ4v) is 2.70. The van der Waals surface area contributed by atoms with Gasteiger partial charge in [0.2, 0.25) is 0 Å². The van der Waals surface area contributed by atoms with E-state index in [4.69, 9.17) is 0 Å². The fourth-order valence-electron chi connectivity index (χ4n) is 2.34. The lowest BCUT2D eigenvalue weighted by molar-refractivity contribution is 0.274. The maximum Gasteiger partial charge on any atom is 0.0489 e. The number of halogens is 1. The normalized spacial score (nSPS) is 21.1. The third-order valence-electron chi connectivity index (χ3n) is 3.43. The summed E-state index contributed by atoms with van der Waals surface area (Å²) in [5, 5.41) is 3.65. The van der Waals surface area contributed by atoms with E-state index in [0.717, 1.165) is 11.0 Å². The van der Waals surface area contributed by atoms with E-state index in [1.165, 1.54) is 24.2 Å². The first-order valence-electron chi connectivity index (χ1n) is 6.33. The average Bonchev–Trinajstić information content (AvgIpc) is 2.72. The van der Waals surface area contributed by atoms with Crippen LogP contribution in [-0.4, -0.2) is 30.1 Å². The average molecular weight is 297 g/mol. The van der Waals surface area contributed by atoms with Gasteiger partial charge in [-0.05, 0) is 60.8 Å². The molecule has 1 heterocycles. The molecule has 0 aromatic heterocycles. The van der Waals surface area contributed by atoms with Gasteiger partial charge in [-0.3, -0.25) is 4.90 Å². The summed E-state index contributed by atoms with van der Waals surface area (Å²) in [7, 11) is 0. The Hall–Kier alpha value is -0.540. The highest BCUT2D eigenvalue weighted by atomic mass is 79.9. The molecule has 0 bridgehead atoms. The number of nitrogens with zero attached hydrogens (tertiary/aromatic N) is 1. The van der Waals surface area contributed by atoms with Crippen LogP contribution in [0.4, 0.5) is 5.69 Å². The summed E-state index contributed by atoms with van der Waals surface area (Å²) in [6.07, 6.45) is 1.23. The molecule has 1 aromatic carbocycles. The maximum absolute atomic E-state index is 3.65. The van der Waals surface area contributed by atoms with Crippen LogP contribution in [0.1, 0.15) is 25.8 Å². The summed E-state index contributed by atoms with van der Waals surface area (Å²) in [5.74, 6) is 0. The van der Waals surface area contributed by atoms with Crippen molar-refractivity contribution in [2.45, 2.75) is 39.3 Å². The molecule has 1 aliphatic rings. The summed E-state index contributed by atoms with van der Waals surface area (Å²) in [6, 6.07) is 7.69. The topological polar surface area (TPSA) is 15.3 Å². The van der Waals surface area contributed by atoms with Crippen LogP contribution < -0.4 is 5.32 Å². The zero-order valence-corrected chi connectivity index (χ0v) is 12.4. The standard InChI is InChI=1S/C14H21BrN2/c1-10(2)17-7-6-12(9-17)16-14-8-11(3)4-5-13(14)15/h4-5,8,10,12,16H,6-7,9H2,1-3H3. The van der Waals surface area contributed by atoms with Gasteiger partial charge >= 0.3 is 0 Å². The molecule has 1 fully saturated rings. The van der Waals surface area contributed by atoms with Crippen molar-refractivity contribution in [3.05, 3.63) is 28.2 Å². The Kier molecular flexibility index (Phi) is 4.10. The van der Waals surface area contributed by atoms with E-state index < -0.39 is 0 Å². The first-order chi connectivity index (χ1) is 8.06. The van der Waals surface area contributed by atoms with Crippen LogP contribution in [0.2, 0.25) is 0 Å². The smallest absolute Gasteiger partial charge is 0.0489 e. The van der Waals surface area contributed by atoms with E-state index in [-0.39, 0.29) is 0 Å². The number of likely N-dealkylation sites (tertiary alicyclic amines) is 1. The molecule has 0 saturated carbocycles. The van der Waals surface area contributed by atoms with E-state index in [1.54, 1.807) is 0 Å². The molecule has 17 heavy (non-hydrogen) atoms. The fraction of sp³-hybridized carbons (Fsp3) is 0.571. The lowest BCUT2D eigenvalue weighted by Gasteiger charge is -2.21. The second-order valence-electron chi connectivity index (χ2n) is 5.20. The number of anilines is 1. The van der Waals surface area contributed by atoms with Gasteiger partial charge in [0.25, 0.3) is 0 Å². The highest BCUT2D eigenvalue weighted by molar-refractivity contribution is 9.10. The van der Waals surface area contributed by atoms with E-state index >= 15 is 0 Å². The van der Waals surface area contributed by atoms with E-state index in [0.29, 0.717) is 12.1 Å². The van der Waals surface area contributed by atoms with Gasteiger partial charge in [-0.2, -0.15) is 0 Å². The number of hydrogen-bond acceptors (Lipinski definition) is 2. The minimum absolute atomic E-state index is 0.579. The van der Waals surface area contributed by atoms with Crippen molar-refractivity contribution in [2.24, 2.45) is 0 Å². The Morgan fingerprint density at radius 2 is 2.18 bits per heavy atom. The highest BCUT2D eigenvalue weighted by Crippen LogP contribution is 2.26. The van der Waals surface area contributed by atoms with Gasteiger partial charge in [0.15, 0.2) is 0 Å². The molecule has 1 saturated heterocycles. The van der Waals surface area contributed by atoms with Crippen LogP contribution >= 0.6 is 15.9 Å². The molecule has 1 N–H and O–H groups in total. The van der Waals surface area contributed by atoms with Crippen molar-refractivity contribution >= 4 is 21.6 Å². The molecule has 1 unspecified atom stereocenters. The van der Waals surface area contributed by atoms with Gasteiger partial charge in [-0.1, -0.05) is 6.07 Å². The third kappa shape index (κ3) is 3.23. The summed E-state index contributed by atoms with van der Waals surface area (Å²) in [4.78, 5) is 2.53. The van der Waals surface area contributed by atoms with E-state index in [2.05, 4.69) is 65.1 Å². The van der Waals surface area contributed by atoms with Gasteiger partial charge < -0.3 is 5.32 Å². The van der Waals surface area contributed by atoms with Gasteiger partial charge in [0.1, 0.15) is 0 Å². The molecule has 0 aliphatic carbocycles. The molecule has 1 aromatic rings. The van der Waals surface area contributed by atoms with Crippen molar-refractivity contribution in [1.82, 2.24) is 4.90 Å². The molecule has 0 spiro atoms.